The molecule has 6 rings (SSSR count). The molecule has 1 saturated heterocycles. The van der Waals surface area contributed by atoms with Gasteiger partial charge in [0.2, 0.25) is 15.9 Å². The SMILES string of the molecule is CN(C(Cc1ccc(OS(=O)(=O)c2cccc3cnccc23)cc1)C(=O)N1CCCCC1)S(=O)(=O)c1cccc2cnccc12. The molecule has 1 fully saturated rings. The second-order valence-corrected chi connectivity index (χ2v) is 14.5. The molecule has 1 atom stereocenters. The van der Waals surface area contributed by atoms with Crippen LogP contribution in [-0.4, -0.2) is 68.1 Å². The second-order valence-electron chi connectivity index (χ2n) is 11.0. The van der Waals surface area contributed by atoms with Crippen molar-refractivity contribution in [3.63, 3.8) is 0 Å². The van der Waals surface area contributed by atoms with Crippen molar-refractivity contribution >= 4 is 47.6 Å². The van der Waals surface area contributed by atoms with Crippen LogP contribution in [0, 0.1) is 0 Å². The predicted molar refractivity (Wildman–Crippen MR) is 171 cm³/mol. The third-order valence-corrected chi connectivity index (χ3v) is 11.4. The summed E-state index contributed by atoms with van der Waals surface area (Å²) in [5.41, 5.74) is 0.649. The number of benzene rings is 3. The quantitative estimate of drug-likeness (QED) is 0.210. The molecule has 0 bridgehead atoms. The zero-order valence-electron chi connectivity index (χ0n) is 24.6. The molecular weight excluding hydrogens is 613 g/mol. The molecule has 1 unspecified atom stereocenters. The first-order valence-corrected chi connectivity index (χ1v) is 17.5. The van der Waals surface area contributed by atoms with Crippen LogP contribution in [0.4, 0.5) is 0 Å². The summed E-state index contributed by atoms with van der Waals surface area (Å²) >= 11 is 0. The van der Waals surface area contributed by atoms with E-state index in [1.54, 1.807) is 72.0 Å². The van der Waals surface area contributed by atoms with Crippen molar-refractivity contribution in [3.8, 4) is 5.75 Å². The Morgan fingerprint density at radius 3 is 2.00 bits per heavy atom. The first-order valence-electron chi connectivity index (χ1n) is 14.6. The van der Waals surface area contributed by atoms with Crippen LogP contribution in [0.5, 0.6) is 5.75 Å². The molecule has 1 aliphatic rings. The normalized spacial score (nSPS) is 14.9. The van der Waals surface area contributed by atoms with Gasteiger partial charge in [-0.25, -0.2) is 8.42 Å². The topological polar surface area (TPSA) is 127 Å². The number of fused-ring (bicyclic) bond motifs is 2. The standard InChI is InChI=1S/C33H32N4O6S2/c1-36(44(39,40)31-9-5-7-25-22-34-17-15-28(25)31)30(33(38)37-19-3-2-4-20-37)21-24-11-13-27(14-12-24)43-45(41,42)32-10-6-8-26-23-35-18-16-29(26)32/h5-18,22-23,30H,2-4,19-21H2,1H3. The summed E-state index contributed by atoms with van der Waals surface area (Å²) < 4.78 is 61.1. The highest BCUT2D eigenvalue weighted by atomic mass is 32.2. The monoisotopic (exact) mass is 644 g/mol. The molecule has 1 aliphatic heterocycles. The van der Waals surface area contributed by atoms with E-state index in [2.05, 4.69) is 9.97 Å². The van der Waals surface area contributed by atoms with E-state index in [0.717, 1.165) is 23.6 Å². The highest BCUT2D eigenvalue weighted by molar-refractivity contribution is 7.89. The van der Waals surface area contributed by atoms with Crippen LogP contribution < -0.4 is 4.18 Å². The summed E-state index contributed by atoms with van der Waals surface area (Å²) in [7, 11) is -6.83. The lowest BCUT2D eigenvalue weighted by molar-refractivity contribution is -0.135. The fourth-order valence-corrected chi connectivity index (χ4v) is 8.40. The van der Waals surface area contributed by atoms with Gasteiger partial charge in [-0.1, -0.05) is 36.4 Å². The third kappa shape index (κ3) is 6.26. The van der Waals surface area contributed by atoms with Gasteiger partial charge in [0, 0.05) is 66.5 Å². The minimum Gasteiger partial charge on any atom is -0.379 e. The number of pyridine rings is 2. The number of sulfonamides is 1. The zero-order chi connectivity index (χ0) is 31.6. The summed E-state index contributed by atoms with van der Waals surface area (Å²) in [4.78, 5) is 23.9. The Hall–Kier alpha value is -4.39. The number of rotatable bonds is 9. The number of amides is 1. The molecule has 0 radical (unpaired) electrons. The van der Waals surface area contributed by atoms with E-state index in [-0.39, 0.29) is 27.9 Å². The van der Waals surface area contributed by atoms with Gasteiger partial charge in [-0.2, -0.15) is 12.7 Å². The van der Waals surface area contributed by atoms with Gasteiger partial charge in [-0.05, 0) is 67.6 Å². The lowest BCUT2D eigenvalue weighted by atomic mass is 10.0. The molecule has 2 aromatic heterocycles. The Balaban J connectivity index is 1.28. The number of likely N-dealkylation sites (tertiary alicyclic amines) is 1. The Bertz CT molecular complexity index is 2070. The Labute approximate surface area is 262 Å². The van der Waals surface area contributed by atoms with Gasteiger partial charge in [0.15, 0.2) is 0 Å². The van der Waals surface area contributed by atoms with Gasteiger partial charge in [0.1, 0.15) is 16.7 Å². The highest BCUT2D eigenvalue weighted by Crippen LogP contribution is 2.29. The average Bonchev–Trinajstić information content (AvgIpc) is 3.07. The smallest absolute Gasteiger partial charge is 0.339 e. The van der Waals surface area contributed by atoms with Gasteiger partial charge in [0.05, 0.1) is 4.90 Å². The number of piperidine rings is 1. The molecule has 0 saturated carbocycles. The number of aromatic nitrogens is 2. The summed E-state index contributed by atoms with van der Waals surface area (Å²) in [6, 6.07) is 18.4. The molecular formula is C33H32N4O6S2. The maximum absolute atomic E-state index is 14.0. The Morgan fingerprint density at radius 2 is 1.38 bits per heavy atom. The van der Waals surface area contributed by atoms with Gasteiger partial charge in [0.25, 0.3) is 0 Å². The molecule has 232 valence electrons. The minimum atomic E-state index is -4.17. The Kier molecular flexibility index (Phi) is 8.54. The molecule has 3 aromatic carbocycles. The third-order valence-electron chi connectivity index (χ3n) is 8.16. The van der Waals surface area contributed by atoms with Crippen molar-refractivity contribution in [2.24, 2.45) is 0 Å². The van der Waals surface area contributed by atoms with E-state index < -0.39 is 26.2 Å². The largest absolute Gasteiger partial charge is 0.379 e. The molecule has 0 aliphatic carbocycles. The number of carbonyl (C=O) groups excluding carboxylic acids is 1. The van der Waals surface area contributed by atoms with E-state index in [1.165, 1.54) is 37.5 Å². The first kappa shape index (κ1) is 30.6. The number of hydrogen-bond acceptors (Lipinski definition) is 8. The van der Waals surface area contributed by atoms with Crippen molar-refractivity contribution < 1.29 is 25.8 Å². The van der Waals surface area contributed by atoms with Gasteiger partial charge >= 0.3 is 10.1 Å². The lowest BCUT2D eigenvalue weighted by Gasteiger charge is -2.34. The fraction of sp³-hybridized carbons (Fsp3) is 0.242. The van der Waals surface area contributed by atoms with E-state index in [0.29, 0.717) is 40.2 Å². The minimum absolute atomic E-state index is 0.0229. The summed E-state index contributed by atoms with van der Waals surface area (Å²) in [6.07, 6.45) is 9.07. The average molecular weight is 645 g/mol. The summed E-state index contributed by atoms with van der Waals surface area (Å²) in [6.45, 7) is 1.13. The van der Waals surface area contributed by atoms with Crippen molar-refractivity contribution in [1.82, 2.24) is 19.2 Å². The summed E-state index contributed by atoms with van der Waals surface area (Å²) in [5, 5.41) is 2.36. The van der Waals surface area contributed by atoms with Crippen LogP contribution >= 0.6 is 0 Å². The van der Waals surface area contributed by atoms with Crippen molar-refractivity contribution in [2.45, 2.75) is 41.5 Å². The zero-order valence-corrected chi connectivity index (χ0v) is 26.2. The molecule has 0 spiro atoms. The number of nitrogens with zero attached hydrogens (tertiary/aromatic N) is 4. The Morgan fingerprint density at radius 1 is 0.800 bits per heavy atom. The molecule has 3 heterocycles. The molecule has 5 aromatic rings. The molecule has 1 amide bonds. The first-order chi connectivity index (χ1) is 21.6. The van der Waals surface area contributed by atoms with Gasteiger partial charge in [-0.3, -0.25) is 14.8 Å². The highest BCUT2D eigenvalue weighted by Gasteiger charge is 2.36. The van der Waals surface area contributed by atoms with E-state index in [1.807, 2.05) is 0 Å². The number of likely N-dealkylation sites (N-methyl/N-ethyl adjacent to an activating group) is 1. The molecule has 45 heavy (non-hydrogen) atoms. The van der Waals surface area contributed by atoms with Crippen molar-refractivity contribution in [3.05, 3.63) is 103 Å². The van der Waals surface area contributed by atoms with Gasteiger partial charge < -0.3 is 9.08 Å². The number of carbonyl (C=O) groups is 1. The molecule has 12 heteroatoms. The maximum Gasteiger partial charge on any atom is 0.339 e. The summed E-state index contributed by atoms with van der Waals surface area (Å²) in [5.74, 6) is -0.176. The van der Waals surface area contributed by atoms with E-state index in [9.17, 15) is 21.6 Å². The van der Waals surface area contributed by atoms with Crippen LogP contribution in [0.1, 0.15) is 24.8 Å². The number of hydrogen-bond donors (Lipinski definition) is 0. The molecule has 10 nitrogen and oxygen atoms in total. The van der Waals surface area contributed by atoms with E-state index >= 15 is 0 Å². The van der Waals surface area contributed by atoms with Crippen LogP contribution in [0.15, 0.2) is 107 Å². The van der Waals surface area contributed by atoms with Crippen molar-refractivity contribution in [1.29, 1.82) is 0 Å². The van der Waals surface area contributed by atoms with Crippen LogP contribution in [0.3, 0.4) is 0 Å². The molecule has 0 N–H and O–H groups in total. The van der Waals surface area contributed by atoms with E-state index in [4.69, 9.17) is 4.18 Å². The van der Waals surface area contributed by atoms with Crippen molar-refractivity contribution in [2.75, 3.05) is 20.1 Å². The second kappa shape index (κ2) is 12.5. The van der Waals surface area contributed by atoms with Crippen LogP contribution in [-0.2, 0) is 31.4 Å². The lowest BCUT2D eigenvalue weighted by Crippen LogP contribution is -2.51. The van der Waals surface area contributed by atoms with Crippen LogP contribution in [0.25, 0.3) is 21.5 Å². The van der Waals surface area contributed by atoms with Gasteiger partial charge in [-0.15, -0.1) is 0 Å². The maximum atomic E-state index is 14.0. The predicted octanol–water partition coefficient (Wildman–Crippen LogP) is 4.80. The fourth-order valence-electron chi connectivity index (χ4n) is 5.72. The van der Waals surface area contributed by atoms with Crippen LogP contribution in [0.2, 0.25) is 0 Å².